The van der Waals surface area contributed by atoms with E-state index in [-0.39, 0.29) is 19.4 Å². The maximum atomic E-state index is 11.4. The van der Waals surface area contributed by atoms with Crippen LogP contribution in [0, 0.1) is 5.92 Å². The summed E-state index contributed by atoms with van der Waals surface area (Å²) in [5.41, 5.74) is -0.519. The molecule has 17 heavy (non-hydrogen) atoms. The minimum absolute atomic E-state index is 0. The maximum Gasteiger partial charge on any atom is 0.407 e. The number of ether oxygens (including phenoxy) is 1. The van der Waals surface area contributed by atoms with Crippen LogP contribution in [0.15, 0.2) is 0 Å². The molecule has 1 aliphatic rings. The van der Waals surface area contributed by atoms with Crippen molar-refractivity contribution in [1.29, 1.82) is 0 Å². The summed E-state index contributed by atoms with van der Waals surface area (Å²) in [7, 11) is 0. The van der Waals surface area contributed by atoms with Crippen molar-refractivity contribution in [3.05, 3.63) is 0 Å². The molecule has 0 aliphatic heterocycles. The molecule has 0 spiro atoms. The van der Waals surface area contributed by atoms with Gasteiger partial charge in [0.1, 0.15) is 5.60 Å². The molecule has 1 amide bonds. The van der Waals surface area contributed by atoms with E-state index in [0.717, 1.165) is 0 Å². The number of carbonyl (C=O) groups is 2. The van der Waals surface area contributed by atoms with Crippen LogP contribution in [0.3, 0.4) is 0 Å². The Labute approximate surface area is 103 Å². The summed E-state index contributed by atoms with van der Waals surface area (Å²) in [6.45, 7) is 5.38. The average molecular weight is 245 g/mol. The van der Waals surface area contributed by atoms with E-state index in [2.05, 4.69) is 5.32 Å². The summed E-state index contributed by atoms with van der Waals surface area (Å²) in [4.78, 5) is 22.1. The van der Waals surface area contributed by atoms with Gasteiger partial charge in [-0.2, -0.15) is 0 Å². The normalized spacial score (nSPS) is 23.7. The predicted octanol–water partition coefficient (Wildman–Crippen LogP) is 2.40. The molecule has 2 atom stereocenters. The Hall–Kier alpha value is -1.26. The number of rotatable bonds is 2. The van der Waals surface area contributed by atoms with Crippen molar-refractivity contribution in [3.63, 3.8) is 0 Å². The fourth-order valence-corrected chi connectivity index (χ4v) is 1.81. The highest BCUT2D eigenvalue weighted by molar-refractivity contribution is 5.71. The van der Waals surface area contributed by atoms with Gasteiger partial charge < -0.3 is 15.2 Å². The van der Waals surface area contributed by atoms with Gasteiger partial charge in [0.05, 0.1) is 5.92 Å². The van der Waals surface area contributed by atoms with Gasteiger partial charge in [-0.1, -0.05) is 7.43 Å². The predicted molar refractivity (Wildman–Crippen MR) is 64.9 cm³/mol. The number of amides is 1. The number of alkyl carbamates (subject to hydrolysis) is 1. The highest BCUT2D eigenvalue weighted by Crippen LogP contribution is 2.25. The van der Waals surface area contributed by atoms with E-state index in [0.29, 0.717) is 19.3 Å². The molecule has 5 nitrogen and oxygen atoms in total. The van der Waals surface area contributed by atoms with Crippen LogP contribution >= 0.6 is 0 Å². The first kappa shape index (κ1) is 15.7. The first-order valence-electron chi connectivity index (χ1n) is 5.50. The van der Waals surface area contributed by atoms with Crippen LogP contribution in [0.5, 0.6) is 0 Å². The molecule has 1 fully saturated rings. The lowest BCUT2D eigenvalue weighted by Crippen LogP contribution is -2.38. The van der Waals surface area contributed by atoms with Gasteiger partial charge in [-0.3, -0.25) is 4.79 Å². The van der Waals surface area contributed by atoms with Gasteiger partial charge >= 0.3 is 12.1 Å². The van der Waals surface area contributed by atoms with E-state index >= 15 is 0 Å². The van der Waals surface area contributed by atoms with Crippen molar-refractivity contribution in [2.75, 3.05) is 0 Å². The second-order valence-electron chi connectivity index (χ2n) is 5.19. The lowest BCUT2D eigenvalue weighted by atomic mass is 10.1. The van der Waals surface area contributed by atoms with Crippen molar-refractivity contribution in [2.45, 2.75) is 59.1 Å². The van der Waals surface area contributed by atoms with Crippen molar-refractivity contribution < 1.29 is 19.4 Å². The first-order chi connectivity index (χ1) is 7.28. The molecule has 0 bridgehead atoms. The zero-order valence-electron chi connectivity index (χ0n) is 9.95. The van der Waals surface area contributed by atoms with Crippen LogP contribution in [0.25, 0.3) is 0 Å². The Balaban J connectivity index is 0.00000256. The molecule has 100 valence electrons. The number of nitrogens with one attached hydrogen (secondary N) is 1. The van der Waals surface area contributed by atoms with Gasteiger partial charge in [-0.05, 0) is 40.0 Å². The Morgan fingerprint density at radius 1 is 1.29 bits per heavy atom. The average Bonchev–Trinajstić information content (AvgIpc) is 2.48. The third kappa shape index (κ3) is 5.56. The molecule has 1 aliphatic carbocycles. The summed E-state index contributed by atoms with van der Waals surface area (Å²) < 4.78 is 5.10. The Morgan fingerprint density at radius 3 is 2.29 bits per heavy atom. The van der Waals surface area contributed by atoms with Crippen LogP contribution < -0.4 is 5.32 Å². The molecule has 0 saturated heterocycles. The zero-order valence-corrected chi connectivity index (χ0v) is 9.95. The van der Waals surface area contributed by atoms with Crippen LogP contribution in [0.2, 0.25) is 0 Å². The maximum absolute atomic E-state index is 11.4. The SMILES string of the molecule is C.CC(C)(C)OC(=O)NC1CCC(C(=O)O)C1. The summed E-state index contributed by atoms with van der Waals surface area (Å²) in [5.74, 6) is -1.12. The Bertz CT molecular complexity index is 283. The smallest absolute Gasteiger partial charge is 0.407 e. The second kappa shape index (κ2) is 5.89. The largest absolute Gasteiger partial charge is 0.481 e. The summed E-state index contributed by atoms with van der Waals surface area (Å²) in [6, 6.07) is -0.0732. The molecule has 5 heteroatoms. The first-order valence-corrected chi connectivity index (χ1v) is 5.50. The zero-order chi connectivity index (χ0) is 12.3. The van der Waals surface area contributed by atoms with Crippen LogP contribution in [0.4, 0.5) is 4.79 Å². The quantitative estimate of drug-likeness (QED) is 0.783. The minimum Gasteiger partial charge on any atom is -0.481 e. The molecule has 1 saturated carbocycles. The summed E-state index contributed by atoms with van der Waals surface area (Å²) in [5, 5.41) is 11.5. The van der Waals surface area contributed by atoms with Crippen LogP contribution in [-0.2, 0) is 9.53 Å². The van der Waals surface area contributed by atoms with Crippen molar-refractivity contribution >= 4 is 12.1 Å². The van der Waals surface area contributed by atoms with E-state index in [1.807, 2.05) is 0 Å². The molecule has 2 unspecified atom stereocenters. The van der Waals surface area contributed by atoms with E-state index in [1.165, 1.54) is 0 Å². The number of carboxylic acids is 1. The molecule has 0 aromatic heterocycles. The van der Waals surface area contributed by atoms with E-state index in [1.54, 1.807) is 20.8 Å². The summed E-state index contributed by atoms with van der Waals surface area (Å²) >= 11 is 0. The van der Waals surface area contributed by atoms with Crippen molar-refractivity contribution in [2.24, 2.45) is 5.92 Å². The standard InChI is InChI=1S/C11H19NO4.CH4/c1-11(2,3)16-10(15)12-8-5-4-7(6-8)9(13)14;/h7-8H,4-6H2,1-3H3,(H,12,15)(H,13,14);1H4. The molecule has 1 rings (SSSR count). The van der Waals surface area contributed by atoms with E-state index in [9.17, 15) is 9.59 Å². The number of hydrogen-bond acceptors (Lipinski definition) is 3. The molecule has 0 heterocycles. The monoisotopic (exact) mass is 245 g/mol. The fourth-order valence-electron chi connectivity index (χ4n) is 1.81. The third-order valence-corrected chi connectivity index (χ3v) is 2.50. The van der Waals surface area contributed by atoms with Gasteiger partial charge in [0.25, 0.3) is 0 Å². The van der Waals surface area contributed by atoms with Crippen molar-refractivity contribution in [3.8, 4) is 0 Å². The van der Waals surface area contributed by atoms with Crippen LogP contribution in [-0.4, -0.2) is 28.8 Å². The van der Waals surface area contributed by atoms with Gasteiger partial charge in [0.15, 0.2) is 0 Å². The number of carboxylic acid groups (broad SMARTS) is 1. The van der Waals surface area contributed by atoms with Gasteiger partial charge in [0, 0.05) is 6.04 Å². The number of aliphatic carboxylic acids is 1. The lowest BCUT2D eigenvalue weighted by molar-refractivity contribution is -0.141. The number of hydrogen-bond donors (Lipinski definition) is 2. The molecular formula is C12H23NO4. The van der Waals surface area contributed by atoms with E-state index in [4.69, 9.17) is 9.84 Å². The van der Waals surface area contributed by atoms with E-state index < -0.39 is 17.7 Å². The summed E-state index contributed by atoms with van der Waals surface area (Å²) in [6.07, 6.45) is 1.35. The Kier molecular flexibility index (Phi) is 5.45. The molecule has 0 aromatic carbocycles. The highest BCUT2D eigenvalue weighted by atomic mass is 16.6. The molecular weight excluding hydrogens is 222 g/mol. The van der Waals surface area contributed by atoms with Gasteiger partial charge in [-0.15, -0.1) is 0 Å². The Morgan fingerprint density at radius 2 is 1.88 bits per heavy atom. The molecule has 2 N–H and O–H groups in total. The minimum atomic E-state index is -0.784. The highest BCUT2D eigenvalue weighted by Gasteiger charge is 2.31. The van der Waals surface area contributed by atoms with Gasteiger partial charge in [-0.25, -0.2) is 4.79 Å². The topological polar surface area (TPSA) is 75.6 Å². The number of carbonyl (C=O) groups excluding carboxylic acids is 1. The van der Waals surface area contributed by atoms with Crippen LogP contribution in [0.1, 0.15) is 47.5 Å². The molecule has 0 aromatic rings. The third-order valence-electron chi connectivity index (χ3n) is 2.50. The second-order valence-corrected chi connectivity index (χ2v) is 5.19. The molecule has 0 radical (unpaired) electrons. The van der Waals surface area contributed by atoms with Gasteiger partial charge in [0.2, 0.25) is 0 Å². The lowest BCUT2D eigenvalue weighted by Gasteiger charge is -2.21. The van der Waals surface area contributed by atoms with Crippen molar-refractivity contribution in [1.82, 2.24) is 5.32 Å². The fraction of sp³-hybridized carbons (Fsp3) is 0.833.